The van der Waals surface area contributed by atoms with Crippen molar-refractivity contribution in [1.29, 1.82) is 0 Å². The average Bonchev–Trinajstić information content (AvgIpc) is 2.57. The fourth-order valence-electron chi connectivity index (χ4n) is 2.14. The molecule has 0 aliphatic carbocycles. The van der Waals surface area contributed by atoms with Crippen molar-refractivity contribution in [3.63, 3.8) is 0 Å². The fourth-order valence-corrected chi connectivity index (χ4v) is 2.50. The van der Waals surface area contributed by atoms with Crippen LogP contribution in [0.3, 0.4) is 0 Å². The Morgan fingerprint density at radius 3 is 2.52 bits per heavy atom. The maximum absolute atomic E-state index is 12.7. The molecule has 2 rings (SSSR count). The minimum absolute atomic E-state index is 0.390. The van der Waals surface area contributed by atoms with Crippen LogP contribution in [-0.2, 0) is 22.3 Å². The number of hydrogen-bond donors (Lipinski definition) is 2. The molecule has 1 aromatic carbocycles. The fraction of sp³-hybridized carbons (Fsp3) is 0.235. The molecular formula is C17H15BrF3N3O3. The van der Waals surface area contributed by atoms with Crippen LogP contribution in [0.2, 0.25) is 0 Å². The summed E-state index contributed by atoms with van der Waals surface area (Å²) < 4.78 is 39.5. The molecule has 0 bridgehead atoms. The number of aryl methyl sites for hydroxylation is 1. The minimum atomic E-state index is -4.63. The highest BCUT2D eigenvalue weighted by molar-refractivity contribution is 9.10. The van der Waals surface area contributed by atoms with Gasteiger partial charge in [0.05, 0.1) is 12.1 Å². The summed E-state index contributed by atoms with van der Waals surface area (Å²) in [6, 6.07) is 6.67. The van der Waals surface area contributed by atoms with Crippen LogP contribution in [0.5, 0.6) is 0 Å². The Labute approximate surface area is 160 Å². The van der Waals surface area contributed by atoms with Gasteiger partial charge in [0.2, 0.25) is 11.8 Å². The lowest BCUT2D eigenvalue weighted by Gasteiger charge is -2.12. The summed E-state index contributed by atoms with van der Waals surface area (Å²) in [5.41, 5.74) is -0.434. The lowest BCUT2D eigenvalue weighted by molar-refractivity contribution is -0.138. The number of benzene rings is 1. The van der Waals surface area contributed by atoms with Gasteiger partial charge in [-0.3, -0.25) is 14.4 Å². The first-order valence-corrected chi connectivity index (χ1v) is 8.46. The molecule has 0 aliphatic heterocycles. The topological polar surface area (TPSA) is 80.2 Å². The van der Waals surface area contributed by atoms with Crippen molar-refractivity contribution in [2.24, 2.45) is 0 Å². The summed E-state index contributed by atoms with van der Waals surface area (Å²) in [6.45, 7) is 0.769. The van der Waals surface area contributed by atoms with Gasteiger partial charge in [0.25, 0.3) is 5.56 Å². The molecule has 27 heavy (non-hydrogen) atoms. The number of rotatable bonds is 5. The van der Waals surface area contributed by atoms with Gasteiger partial charge >= 0.3 is 6.18 Å². The molecule has 0 spiro atoms. The number of pyridine rings is 1. The normalized spacial score (nSPS) is 11.1. The van der Waals surface area contributed by atoms with Gasteiger partial charge in [-0.15, -0.1) is 0 Å². The zero-order valence-corrected chi connectivity index (χ0v) is 15.6. The molecule has 0 atom stereocenters. The minimum Gasteiger partial charge on any atom is -0.345 e. The number of halogens is 4. The molecule has 2 amide bonds. The van der Waals surface area contributed by atoms with E-state index in [2.05, 4.69) is 26.6 Å². The highest BCUT2D eigenvalue weighted by atomic mass is 79.9. The Kier molecular flexibility index (Phi) is 6.42. The lowest BCUT2D eigenvalue weighted by atomic mass is 10.2. The maximum Gasteiger partial charge on any atom is 0.417 e. The number of carbonyl (C=O) groups excluding carboxylic acids is 2. The number of anilines is 1. The standard InChI is InChI=1S/C17H15BrF3N3O3/c1-10-2-4-12(18)6-13(10)23-14(25)7-22-15(26)9-24-8-11(17(19,20)21)3-5-16(24)27/h2-6,8H,7,9H2,1H3,(H,22,26)(H,23,25). The van der Waals surface area contributed by atoms with E-state index in [-0.39, 0.29) is 0 Å². The van der Waals surface area contributed by atoms with E-state index < -0.39 is 42.2 Å². The predicted molar refractivity (Wildman–Crippen MR) is 96.2 cm³/mol. The zero-order valence-electron chi connectivity index (χ0n) is 14.1. The van der Waals surface area contributed by atoms with Gasteiger partial charge in [0.1, 0.15) is 6.54 Å². The summed E-state index contributed by atoms with van der Waals surface area (Å²) in [5.74, 6) is -1.28. The van der Waals surface area contributed by atoms with Crippen molar-refractivity contribution in [3.05, 3.63) is 62.5 Å². The lowest BCUT2D eigenvalue weighted by Crippen LogP contribution is -2.37. The highest BCUT2D eigenvalue weighted by Gasteiger charge is 2.31. The summed E-state index contributed by atoms with van der Waals surface area (Å²) in [4.78, 5) is 35.4. The van der Waals surface area contributed by atoms with Gasteiger partial charge in [-0.1, -0.05) is 22.0 Å². The molecule has 1 aromatic heterocycles. The second-order valence-corrected chi connectivity index (χ2v) is 6.58. The highest BCUT2D eigenvalue weighted by Crippen LogP contribution is 2.28. The van der Waals surface area contributed by atoms with Crippen molar-refractivity contribution < 1.29 is 22.8 Å². The van der Waals surface area contributed by atoms with Crippen LogP contribution < -0.4 is 16.2 Å². The van der Waals surface area contributed by atoms with Crippen molar-refractivity contribution in [2.45, 2.75) is 19.6 Å². The predicted octanol–water partition coefficient (Wildman–Crippen LogP) is 2.69. The van der Waals surface area contributed by atoms with Crippen molar-refractivity contribution in [2.75, 3.05) is 11.9 Å². The molecule has 0 radical (unpaired) electrons. The molecule has 2 N–H and O–H groups in total. The molecule has 0 fully saturated rings. The van der Waals surface area contributed by atoms with E-state index in [9.17, 15) is 27.6 Å². The SMILES string of the molecule is Cc1ccc(Br)cc1NC(=O)CNC(=O)Cn1cc(C(F)(F)F)ccc1=O. The summed E-state index contributed by atoms with van der Waals surface area (Å²) in [7, 11) is 0. The Hall–Kier alpha value is -2.62. The van der Waals surface area contributed by atoms with E-state index in [4.69, 9.17) is 0 Å². The quantitative estimate of drug-likeness (QED) is 0.742. The number of hydrogen-bond acceptors (Lipinski definition) is 3. The first-order valence-electron chi connectivity index (χ1n) is 7.66. The number of aromatic nitrogens is 1. The third kappa shape index (κ3) is 5.95. The monoisotopic (exact) mass is 445 g/mol. The van der Waals surface area contributed by atoms with Crippen LogP contribution in [0, 0.1) is 6.92 Å². The number of amides is 2. The van der Waals surface area contributed by atoms with Crippen LogP contribution in [0.25, 0.3) is 0 Å². The molecule has 6 nitrogen and oxygen atoms in total. The molecule has 144 valence electrons. The van der Waals surface area contributed by atoms with E-state index in [1.54, 1.807) is 25.1 Å². The van der Waals surface area contributed by atoms with Crippen molar-refractivity contribution in [3.8, 4) is 0 Å². The third-order valence-corrected chi connectivity index (χ3v) is 4.04. The number of nitrogens with one attached hydrogen (secondary N) is 2. The molecular weight excluding hydrogens is 431 g/mol. The molecule has 1 heterocycles. The van der Waals surface area contributed by atoms with E-state index in [0.29, 0.717) is 22.5 Å². The molecule has 0 saturated heterocycles. The van der Waals surface area contributed by atoms with E-state index in [1.807, 2.05) is 0 Å². The zero-order chi connectivity index (χ0) is 20.2. The molecule has 10 heteroatoms. The van der Waals surface area contributed by atoms with Crippen LogP contribution >= 0.6 is 15.9 Å². The number of nitrogens with zero attached hydrogens (tertiary/aromatic N) is 1. The molecule has 0 unspecified atom stereocenters. The Morgan fingerprint density at radius 1 is 1.15 bits per heavy atom. The van der Waals surface area contributed by atoms with Gasteiger partial charge in [-0.2, -0.15) is 13.2 Å². The van der Waals surface area contributed by atoms with Crippen LogP contribution in [0.1, 0.15) is 11.1 Å². The van der Waals surface area contributed by atoms with E-state index in [1.165, 1.54) is 0 Å². The van der Waals surface area contributed by atoms with Crippen LogP contribution in [0.15, 0.2) is 45.8 Å². The molecule has 0 aliphatic rings. The second kappa shape index (κ2) is 8.38. The van der Waals surface area contributed by atoms with Gasteiger partial charge < -0.3 is 15.2 Å². The van der Waals surface area contributed by atoms with Gasteiger partial charge in [0.15, 0.2) is 0 Å². The largest absolute Gasteiger partial charge is 0.417 e. The van der Waals surface area contributed by atoms with Crippen molar-refractivity contribution in [1.82, 2.24) is 9.88 Å². The Bertz CT molecular complexity index is 926. The van der Waals surface area contributed by atoms with Gasteiger partial charge in [0, 0.05) is 22.4 Å². The summed E-state index contributed by atoms with van der Waals surface area (Å²) in [5, 5.41) is 4.88. The first-order chi connectivity index (χ1) is 12.6. The smallest absolute Gasteiger partial charge is 0.345 e. The van der Waals surface area contributed by atoms with Gasteiger partial charge in [-0.05, 0) is 30.7 Å². The van der Waals surface area contributed by atoms with E-state index >= 15 is 0 Å². The third-order valence-electron chi connectivity index (χ3n) is 3.54. The Balaban J connectivity index is 1.95. The van der Waals surface area contributed by atoms with Crippen LogP contribution in [-0.4, -0.2) is 22.9 Å². The van der Waals surface area contributed by atoms with Gasteiger partial charge in [-0.25, -0.2) is 0 Å². The first kappa shape index (κ1) is 20.7. The molecule has 2 aromatic rings. The number of carbonyl (C=O) groups is 2. The molecule has 0 saturated carbocycles. The average molecular weight is 446 g/mol. The second-order valence-electron chi connectivity index (χ2n) is 5.67. The number of alkyl halides is 3. The van der Waals surface area contributed by atoms with E-state index in [0.717, 1.165) is 16.1 Å². The summed E-state index contributed by atoms with van der Waals surface area (Å²) >= 11 is 3.28. The summed E-state index contributed by atoms with van der Waals surface area (Å²) in [6.07, 6.45) is -4.07. The van der Waals surface area contributed by atoms with Crippen LogP contribution in [0.4, 0.5) is 18.9 Å². The van der Waals surface area contributed by atoms with Crippen molar-refractivity contribution >= 4 is 33.4 Å². The maximum atomic E-state index is 12.7. The Morgan fingerprint density at radius 2 is 1.85 bits per heavy atom.